The van der Waals surface area contributed by atoms with Crippen molar-refractivity contribution in [1.82, 2.24) is 5.32 Å². The molecule has 0 saturated heterocycles. The van der Waals surface area contributed by atoms with Gasteiger partial charge in [-0.2, -0.15) is 5.26 Å². The fraction of sp³-hybridized carbons (Fsp3) is 0.125. The molecule has 0 fully saturated rings. The Bertz CT molecular complexity index is 681. The first-order chi connectivity index (χ1) is 10.6. The molecule has 0 saturated carbocycles. The van der Waals surface area contributed by atoms with Crippen molar-refractivity contribution in [2.24, 2.45) is 0 Å². The largest absolute Gasteiger partial charge is 0.484 e. The lowest BCUT2D eigenvalue weighted by Gasteiger charge is -2.12. The zero-order chi connectivity index (χ0) is 15.9. The Morgan fingerprint density at radius 3 is 2.45 bits per heavy atom. The van der Waals surface area contributed by atoms with Crippen molar-refractivity contribution < 1.29 is 13.9 Å². The van der Waals surface area contributed by atoms with Crippen LogP contribution in [-0.4, -0.2) is 12.5 Å². The molecule has 0 aliphatic carbocycles. The van der Waals surface area contributed by atoms with Crippen molar-refractivity contribution in [2.45, 2.75) is 6.04 Å². The van der Waals surface area contributed by atoms with Gasteiger partial charge in [-0.1, -0.05) is 23.7 Å². The SMILES string of the molecule is N#C[C@@H](NC(=O)COc1ccc(Cl)cc1)c1ccc(F)cc1. The predicted molar refractivity (Wildman–Crippen MR) is 79.8 cm³/mol. The molecule has 4 nitrogen and oxygen atoms in total. The lowest BCUT2D eigenvalue weighted by Crippen LogP contribution is -2.32. The molecule has 0 spiro atoms. The molecule has 0 aliphatic rings. The van der Waals surface area contributed by atoms with Gasteiger partial charge in [-0.3, -0.25) is 4.79 Å². The molecule has 6 heteroatoms. The summed E-state index contributed by atoms with van der Waals surface area (Å²) in [5, 5.41) is 12.2. The molecule has 22 heavy (non-hydrogen) atoms. The minimum Gasteiger partial charge on any atom is -0.484 e. The van der Waals surface area contributed by atoms with Crippen molar-refractivity contribution in [2.75, 3.05) is 6.61 Å². The van der Waals surface area contributed by atoms with Crippen LogP contribution in [0.25, 0.3) is 0 Å². The van der Waals surface area contributed by atoms with Crippen molar-refractivity contribution in [3.8, 4) is 11.8 Å². The molecular weight excluding hydrogens is 307 g/mol. The molecule has 0 heterocycles. The van der Waals surface area contributed by atoms with E-state index in [0.717, 1.165) is 0 Å². The summed E-state index contributed by atoms with van der Waals surface area (Å²) in [4.78, 5) is 11.8. The minimum atomic E-state index is -0.859. The number of nitriles is 1. The number of halogens is 2. The lowest BCUT2D eigenvalue weighted by atomic mass is 10.1. The van der Waals surface area contributed by atoms with Crippen LogP contribution in [0.4, 0.5) is 4.39 Å². The summed E-state index contributed by atoms with van der Waals surface area (Å²) in [5.74, 6) is -0.362. The summed E-state index contributed by atoms with van der Waals surface area (Å²) in [6, 6.07) is 13.0. The molecule has 2 aromatic rings. The highest BCUT2D eigenvalue weighted by Crippen LogP contribution is 2.16. The van der Waals surface area contributed by atoms with Gasteiger partial charge in [-0.05, 0) is 42.0 Å². The molecule has 0 unspecified atom stereocenters. The Balaban J connectivity index is 1.91. The second-order valence-corrected chi connectivity index (χ2v) is 4.86. The van der Waals surface area contributed by atoms with E-state index in [-0.39, 0.29) is 6.61 Å². The summed E-state index contributed by atoms with van der Waals surface area (Å²) >= 11 is 5.74. The highest BCUT2D eigenvalue weighted by atomic mass is 35.5. The van der Waals surface area contributed by atoms with Crippen LogP contribution in [-0.2, 0) is 4.79 Å². The molecule has 112 valence electrons. The van der Waals surface area contributed by atoms with Crippen LogP contribution in [0.1, 0.15) is 11.6 Å². The number of rotatable bonds is 5. The van der Waals surface area contributed by atoms with Gasteiger partial charge in [-0.15, -0.1) is 0 Å². The smallest absolute Gasteiger partial charge is 0.259 e. The van der Waals surface area contributed by atoms with Crippen LogP contribution in [0.5, 0.6) is 5.75 Å². The quantitative estimate of drug-likeness (QED) is 0.920. The Labute approximate surface area is 132 Å². The van der Waals surface area contributed by atoms with E-state index in [4.69, 9.17) is 21.6 Å². The summed E-state index contributed by atoms with van der Waals surface area (Å²) in [6.45, 7) is -0.235. The first-order valence-corrected chi connectivity index (χ1v) is 6.79. The zero-order valence-corrected chi connectivity index (χ0v) is 12.2. The first-order valence-electron chi connectivity index (χ1n) is 6.41. The number of carbonyl (C=O) groups excluding carboxylic acids is 1. The van der Waals surface area contributed by atoms with Gasteiger partial charge in [-0.25, -0.2) is 4.39 Å². The molecular formula is C16H12ClFN2O2. The second-order valence-electron chi connectivity index (χ2n) is 4.42. The number of hydrogen-bond acceptors (Lipinski definition) is 3. The summed E-state index contributed by atoms with van der Waals surface area (Å²) in [5.41, 5.74) is 0.503. The van der Waals surface area contributed by atoms with Gasteiger partial charge in [0.2, 0.25) is 0 Å². The third kappa shape index (κ3) is 4.47. The van der Waals surface area contributed by atoms with Crippen molar-refractivity contribution in [3.05, 3.63) is 64.9 Å². The van der Waals surface area contributed by atoms with Gasteiger partial charge in [0, 0.05) is 5.02 Å². The fourth-order valence-electron chi connectivity index (χ4n) is 1.73. The van der Waals surface area contributed by atoms with Gasteiger partial charge in [0.05, 0.1) is 6.07 Å². The molecule has 0 bridgehead atoms. The van der Waals surface area contributed by atoms with E-state index in [0.29, 0.717) is 16.3 Å². The summed E-state index contributed by atoms with van der Waals surface area (Å²) in [7, 11) is 0. The van der Waals surface area contributed by atoms with E-state index in [1.54, 1.807) is 24.3 Å². The van der Waals surface area contributed by atoms with Crippen molar-refractivity contribution >= 4 is 17.5 Å². The third-order valence-electron chi connectivity index (χ3n) is 2.82. The second kappa shape index (κ2) is 7.43. The van der Waals surface area contributed by atoms with E-state index < -0.39 is 17.8 Å². The number of amides is 1. The fourth-order valence-corrected chi connectivity index (χ4v) is 1.85. The lowest BCUT2D eigenvalue weighted by molar-refractivity contribution is -0.123. The zero-order valence-electron chi connectivity index (χ0n) is 11.4. The van der Waals surface area contributed by atoms with Crippen LogP contribution in [0.2, 0.25) is 5.02 Å². The Morgan fingerprint density at radius 2 is 1.86 bits per heavy atom. The van der Waals surface area contributed by atoms with Gasteiger partial charge < -0.3 is 10.1 Å². The van der Waals surface area contributed by atoms with E-state index in [2.05, 4.69) is 5.32 Å². The van der Waals surface area contributed by atoms with Crippen molar-refractivity contribution in [1.29, 1.82) is 5.26 Å². The summed E-state index contributed by atoms with van der Waals surface area (Å²) in [6.07, 6.45) is 0. The van der Waals surface area contributed by atoms with Crippen LogP contribution < -0.4 is 10.1 Å². The minimum absolute atomic E-state index is 0.235. The van der Waals surface area contributed by atoms with Crippen LogP contribution in [0.15, 0.2) is 48.5 Å². The van der Waals surface area contributed by atoms with E-state index >= 15 is 0 Å². The highest BCUT2D eigenvalue weighted by molar-refractivity contribution is 6.30. The number of hydrogen-bond donors (Lipinski definition) is 1. The topological polar surface area (TPSA) is 62.1 Å². The molecule has 2 rings (SSSR count). The van der Waals surface area contributed by atoms with E-state index in [1.165, 1.54) is 24.3 Å². The Hall–Kier alpha value is -2.58. The van der Waals surface area contributed by atoms with Gasteiger partial charge >= 0.3 is 0 Å². The maximum absolute atomic E-state index is 12.9. The average molecular weight is 319 g/mol. The maximum atomic E-state index is 12.9. The van der Waals surface area contributed by atoms with E-state index in [1.807, 2.05) is 6.07 Å². The molecule has 2 aromatic carbocycles. The summed E-state index contributed by atoms with van der Waals surface area (Å²) < 4.78 is 18.1. The number of benzene rings is 2. The van der Waals surface area contributed by atoms with Crippen LogP contribution in [0.3, 0.4) is 0 Å². The number of ether oxygens (including phenoxy) is 1. The van der Waals surface area contributed by atoms with Crippen LogP contribution >= 0.6 is 11.6 Å². The standard InChI is InChI=1S/C16H12ClFN2O2/c17-12-3-7-14(8-4-12)22-10-16(21)20-15(9-19)11-1-5-13(18)6-2-11/h1-8,15H,10H2,(H,20,21)/t15-/m1/s1. The van der Waals surface area contributed by atoms with Gasteiger partial charge in [0.15, 0.2) is 6.61 Å². The van der Waals surface area contributed by atoms with Crippen LogP contribution in [0, 0.1) is 17.1 Å². The predicted octanol–water partition coefficient (Wildman–Crippen LogP) is 3.24. The molecule has 1 N–H and O–H groups in total. The van der Waals surface area contributed by atoms with Gasteiger partial charge in [0.1, 0.15) is 17.6 Å². The number of nitrogens with zero attached hydrogens (tertiary/aromatic N) is 1. The van der Waals surface area contributed by atoms with Crippen molar-refractivity contribution in [3.63, 3.8) is 0 Å². The molecule has 0 aliphatic heterocycles. The highest BCUT2D eigenvalue weighted by Gasteiger charge is 2.14. The van der Waals surface area contributed by atoms with Gasteiger partial charge in [0.25, 0.3) is 5.91 Å². The number of nitrogens with one attached hydrogen (secondary N) is 1. The first kappa shape index (κ1) is 15.8. The Kier molecular flexibility index (Phi) is 5.34. The third-order valence-corrected chi connectivity index (χ3v) is 3.07. The molecule has 1 amide bonds. The van der Waals surface area contributed by atoms with E-state index in [9.17, 15) is 9.18 Å². The maximum Gasteiger partial charge on any atom is 0.259 e. The number of carbonyl (C=O) groups is 1. The monoisotopic (exact) mass is 318 g/mol. The Morgan fingerprint density at radius 1 is 1.23 bits per heavy atom. The molecule has 1 atom stereocenters. The normalized spacial score (nSPS) is 11.3. The molecule has 0 aromatic heterocycles. The molecule has 0 radical (unpaired) electrons. The average Bonchev–Trinajstić information content (AvgIpc) is 2.53.